The van der Waals surface area contributed by atoms with Crippen molar-refractivity contribution in [3.8, 4) is 11.8 Å². The van der Waals surface area contributed by atoms with Gasteiger partial charge in [0.15, 0.2) is 0 Å². The number of benzene rings is 2. The number of nitriles is 1. The van der Waals surface area contributed by atoms with Crippen molar-refractivity contribution in [2.24, 2.45) is 0 Å². The van der Waals surface area contributed by atoms with E-state index in [0.29, 0.717) is 21.9 Å². The highest BCUT2D eigenvalue weighted by Gasteiger charge is 2.20. The van der Waals surface area contributed by atoms with E-state index in [4.69, 9.17) is 9.47 Å². The molecule has 8 heteroatoms. The average molecular weight is 479 g/mol. The number of hydrogen-bond acceptors (Lipinski definition) is 6. The summed E-state index contributed by atoms with van der Waals surface area (Å²) in [5.41, 5.74) is 0.936. The van der Waals surface area contributed by atoms with Gasteiger partial charge in [0.05, 0.1) is 12.7 Å². The number of esters is 1. The van der Waals surface area contributed by atoms with Crippen LogP contribution in [0.5, 0.6) is 5.75 Å². The number of hydrogen-bond donors (Lipinski definition) is 1. The molecule has 0 saturated heterocycles. The summed E-state index contributed by atoms with van der Waals surface area (Å²) in [7, 11) is 1.27. The average Bonchev–Trinajstić information content (AvgIpc) is 3.24. The Morgan fingerprint density at radius 3 is 2.62 bits per heavy atom. The number of para-hydroxylation sites is 1. The van der Waals surface area contributed by atoms with Crippen LogP contribution in [-0.4, -0.2) is 19.0 Å². The first-order chi connectivity index (χ1) is 16.5. The lowest BCUT2D eigenvalue weighted by molar-refractivity contribution is -0.112. The first-order valence-corrected chi connectivity index (χ1v) is 11.4. The lowest BCUT2D eigenvalue weighted by Crippen LogP contribution is -2.15. The molecule has 0 bridgehead atoms. The zero-order valence-electron chi connectivity index (χ0n) is 18.8. The quantitative estimate of drug-likeness (QED) is 0.240. The number of methoxy groups -OCH3 is 1. The van der Waals surface area contributed by atoms with Crippen molar-refractivity contribution in [2.75, 3.05) is 12.4 Å². The molecule has 3 rings (SSSR count). The first-order valence-electron chi connectivity index (χ1n) is 10.6. The molecule has 0 atom stereocenters. The van der Waals surface area contributed by atoms with Crippen LogP contribution < -0.4 is 10.1 Å². The zero-order valence-corrected chi connectivity index (χ0v) is 19.6. The summed E-state index contributed by atoms with van der Waals surface area (Å²) >= 11 is 1.27. The summed E-state index contributed by atoms with van der Waals surface area (Å²) in [5.74, 6) is -1.22. The maximum atomic E-state index is 13.9. The van der Waals surface area contributed by atoms with Crippen LogP contribution in [-0.2, 0) is 22.6 Å². The predicted molar refractivity (Wildman–Crippen MR) is 129 cm³/mol. The van der Waals surface area contributed by atoms with Gasteiger partial charge in [0.25, 0.3) is 5.91 Å². The van der Waals surface area contributed by atoms with Gasteiger partial charge in [-0.3, -0.25) is 4.79 Å². The molecule has 6 nitrogen and oxygen atoms in total. The topological polar surface area (TPSA) is 88.4 Å². The number of amides is 1. The summed E-state index contributed by atoms with van der Waals surface area (Å²) in [4.78, 5) is 25.9. The molecular weight excluding hydrogens is 455 g/mol. The van der Waals surface area contributed by atoms with Crippen LogP contribution in [0.3, 0.4) is 0 Å². The van der Waals surface area contributed by atoms with Gasteiger partial charge >= 0.3 is 5.97 Å². The maximum absolute atomic E-state index is 13.9. The number of thiophene rings is 1. The van der Waals surface area contributed by atoms with Gasteiger partial charge in [0.2, 0.25) is 0 Å². The molecule has 1 heterocycles. The largest absolute Gasteiger partial charge is 0.488 e. The van der Waals surface area contributed by atoms with E-state index in [1.165, 1.54) is 30.6 Å². The predicted octanol–water partition coefficient (Wildman–Crippen LogP) is 5.75. The number of halogens is 1. The SMILES string of the molecule is CCCc1cc(C(=O)OC)c(NC(=O)/C(C#N)=C/c2ccccc2OCc2ccccc2F)s1. The maximum Gasteiger partial charge on any atom is 0.340 e. The van der Waals surface area contributed by atoms with Crippen molar-refractivity contribution in [1.82, 2.24) is 0 Å². The van der Waals surface area contributed by atoms with Crippen LogP contribution in [0.25, 0.3) is 6.08 Å². The molecule has 0 spiro atoms. The summed E-state index contributed by atoms with van der Waals surface area (Å²) in [6.07, 6.45) is 3.02. The molecule has 34 heavy (non-hydrogen) atoms. The van der Waals surface area contributed by atoms with E-state index in [1.54, 1.807) is 48.5 Å². The third kappa shape index (κ3) is 6.09. The smallest absolute Gasteiger partial charge is 0.340 e. The third-order valence-electron chi connectivity index (χ3n) is 4.84. The van der Waals surface area contributed by atoms with Gasteiger partial charge in [-0.1, -0.05) is 49.7 Å². The fourth-order valence-electron chi connectivity index (χ4n) is 3.14. The number of carbonyl (C=O) groups is 2. The Hall–Kier alpha value is -3.96. The second kappa shape index (κ2) is 11.8. The van der Waals surface area contributed by atoms with Gasteiger partial charge in [-0.05, 0) is 30.7 Å². The van der Waals surface area contributed by atoms with E-state index in [2.05, 4.69) is 5.32 Å². The molecule has 0 aliphatic carbocycles. The van der Waals surface area contributed by atoms with Gasteiger partial charge in [-0.25, -0.2) is 9.18 Å². The minimum absolute atomic E-state index is 0.0104. The Labute approximate surface area is 201 Å². The van der Waals surface area contributed by atoms with Crippen molar-refractivity contribution in [1.29, 1.82) is 5.26 Å². The molecule has 1 N–H and O–H groups in total. The molecule has 3 aromatic rings. The van der Waals surface area contributed by atoms with E-state index in [0.717, 1.165) is 17.7 Å². The molecule has 1 amide bonds. The summed E-state index contributed by atoms with van der Waals surface area (Å²) in [5, 5.41) is 12.6. The monoisotopic (exact) mass is 478 g/mol. The van der Waals surface area contributed by atoms with Crippen LogP contribution in [0.1, 0.15) is 39.7 Å². The normalized spacial score (nSPS) is 10.9. The van der Waals surface area contributed by atoms with Crippen molar-refractivity contribution < 1.29 is 23.5 Å². The second-order valence-electron chi connectivity index (χ2n) is 7.24. The number of aryl methyl sites for hydroxylation is 1. The Bertz CT molecular complexity index is 1260. The van der Waals surface area contributed by atoms with E-state index in [-0.39, 0.29) is 23.6 Å². The van der Waals surface area contributed by atoms with E-state index in [1.807, 2.05) is 13.0 Å². The molecule has 174 valence electrons. The highest BCUT2D eigenvalue weighted by Crippen LogP contribution is 2.30. The highest BCUT2D eigenvalue weighted by molar-refractivity contribution is 7.16. The van der Waals surface area contributed by atoms with E-state index >= 15 is 0 Å². The standard InChI is InChI=1S/C26H23FN2O4S/c1-3-8-20-14-21(26(31)32-2)25(34-20)29-24(30)19(15-28)13-17-9-5-7-12-23(17)33-16-18-10-4-6-11-22(18)27/h4-7,9-14H,3,8,16H2,1-2H3,(H,29,30)/b19-13+. The lowest BCUT2D eigenvalue weighted by Gasteiger charge is -2.10. The van der Waals surface area contributed by atoms with Gasteiger partial charge < -0.3 is 14.8 Å². The fourth-order valence-corrected chi connectivity index (χ4v) is 4.28. The van der Waals surface area contributed by atoms with Gasteiger partial charge in [-0.2, -0.15) is 5.26 Å². The van der Waals surface area contributed by atoms with E-state index in [9.17, 15) is 19.2 Å². The van der Waals surface area contributed by atoms with Crippen molar-refractivity contribution in [3.05, 3.63) is 87.6 Å². The Balaban J connectivity index is 1.83. The fraction of sp³-hybridized carbons (Fsp3) is 0.192. The van der Waals surface area contributed by atoms with Crippen molar-refractivity contribution >= 4 is 34.3 Å². The Kier molecular flexibility index (Phi) is 8.54. The third-order valence-corrected chi connectivity index (χ3v) is 5.95. The molecule has 2 aromatic carbocycles. The van der Waals surface area contributed by atoms with Crippen LogP contribution in [0.4, 0.5) is 9.39 Å². The minimum Gasteiger partial charge on any atom is -0.488 e. The van der Waals surface area contributed by atoms with Crippen LogP contribution >= 0.6 is 11.3 Å². The van der Waals surface area contributed by atoms with Crippen LogP contribution in [0.15, 0.2) is 60.2 Å². The number of nitrogens with zero attached hydrogens (tertiary/aromatic N) is 1. The van der Waals surface area contributed by atoms with Crippen molar-refractivity contribution in [3.63, 3.8) is 0 Å². The Morgan fingerprint density at radius 2 is 1.91 bits per heavy atom. The minimum atomic E-state index is -0.665. The lowest BCUT2D eigenvalue weighted by atomic mass is 10.1. The highest BCUT2D eigenvalue weighted by atomic mass is 32.1. The summed E-state index contributed by atoms with van der Waals surface area (Å²) < 4.78 is 24.5. The molecular formula is C26H23FN2O4S. The van der Waals surface area contributed by atoms with Gasteiger partial charge in [-0.15, -0.1) is 11.3 Å². The van der Waals surface area contributed by atoms with Crippen LogP contribution in [0, 0.1) is 17.1 Å². The second-order valence-corrected chi connectivity index (χ2v) is 8.38. The molecule has 0 unspecified atom stereocenters. The number of carbonyl (C=O) groups excluding carboxylic acids is 2. The molecule has 0 saturated carbocycles. The molecule has 1 aromatic heterocycles. The molecule has 0 aliphatic heterocycles. The van der Waals surface area contributed by atoms with E-state index < -0.39 is 11.9 Å². The Morgan fingerprint density at radius 1 is 1.18 bits per heavy atom. The van der Waals surface area contributed by atoms with Gasteiger partial charge in [0, 0.05) is 16.0 Å². The van der Waals surface area contributed by atoms with Crippen LogP contribution in [0.2, 0.25) is 0 Å². The summed E-state index contributed by atoms with van der Waals surface area (Å²) in [6.45, 7) is 2.00. The number of nitrogens with one attached hydrogen (secondary N) is 1. The summed E-state index contributed by atoms with van der Waals surface area (Å²) in [6, 6.07) is 16.7. The molecule has 0 radical (unpaired) electrons. The molecule has 0 fully saturated rings. The zero-order chi connectivity index (χ0) is 24.5. The molecule has 0 aliphatic rings. The van der Waals surface area contributed by atoms with Gasteiger partial charge in [0.1, 0.15) is 34.8 Å². The number of anilines is 1. The number of rotatable bonds is 9. The van der Waals surface area contributed by atoms with Crippen molar-refractivity contribution in [2.45, 2.75) is 26.4 Å². The number of ether oxygens (including phenoxy) is 2. The first kappa shape index (κ1) is 24.7.